The van der Waals surface area contributed by atoms with Crippen molar-refractivity contribution in [3.05, 3.63) is 39.4 Å². The van der Waals surface area contributed by atoms with Crippen LogP contribution in [0.2, 0.25) is 0 Å². The Labute approximate surface area is 171 Å². The highest BCUT2D eigenvalue weighted by Gasteiger charge is 2.34. The molecule has 1 aromatic carbocycles. The zero-order valence-electron chi connectivity index (χ0n) is 17.8. The molecule has 0 bridgehead atoms. The van der Waals surface area contributed by atoms with Crippen LogP contribution in [0.3, 0.4) is 0 Å². The molecule has 0 saturated carbocycles. The van der Waals surface area contributed by atoms with E-state index in [0.29, 0.717) is 19.5 Å². The van der Waals surface area contributed by atoms with E-state index in [1.807, 2.05) is 27.7 Å². The number of hydrogen-bond acceptors (Lipinski definition) is 6. The van der Waals surface area contributed by atoms with Gasteiger partial charge in [-0.15, -0.1) is 0 Å². The minimum absolute atomic E-state index is 0.0289. The molecule has 0 N–H and O–H groups in total. The van der Waals surface area contributed by atoms with Gasteiger partial charge in [-0.05, 0) is 57.6 Å². The smallest absolute Gasteiger partial charge is 0.410 e. The third-order valence-corrected chi connectivity index (χ3v) is 5.05. The van der Waals surface area contributed by atoms with E-state index < -0.39 is 16.5 Å². The number of ether oxygens (including phenoxy) is 2. The molecule has 1 aromatic rings. The van der Waals surface area contributed by atoms with Crippen molar-refractivity contribution in [2.24, 2.45) is 5.92 Å². The second-order valence-corrected chi connectivity index (χ2v) is 8.24. The van der Waals surface area contributed by atoms with E-state index in [1.165, 1.54) is 6.07 Å². The van der Waals surface area contributed by atoms with Gasteiger partial charge in [-0.1, -0.05) is 19.4 Å². The van der Waals surface area contributed by atoms with Crippen molar-refractivity contribution in [3.63, 3.8) is 0 Å². The number of nitro benzene ring substituents is 1. The Morgan fingerprint density at radius 3 is 2.52 bits per heavy atom. The van der Waals surface area contributed by atoms with Gasteiger partial charge in [-0.2, -0.15) is 0 Å². The highest BCUT2D eigenvalue weighted by Crippen LogP contribution is 2.37. The monoisotopic (exact) mass is 406 g/mol. The van der Waals surface area contributed by atoms with Gasteiger partial charge in [0.15, 0.2) is 0 Å². The molecule has 1 heterocycles. The van der Waals surface area contributed by atoms with Gasteiger partial charge in [0, 0.05) is 19.2 Å². The normalized spacial score (nSPS) is 19.6. The van der Waals surface area contributed by atoms with Crippen LogP contribution in [0.25, 0.3) is 0 Å². The first-order valence-corrected chi connectivity index (χ1v) is 10.0. The molecule has 1 fully saturated rings. The lowest BCUT2D eigenvalue weighted by atomic mass is 9.78. The lowest BCUT2D eigenvalue weighted by molar-refractivity contribution is -0.385. The Morgan fingerprint density at radius 1 is 1.28 bits per heavy atom. The molecule has 2 rings (SSSR count). The molecular formula is C21H30N2O6. The van der Waals surface area contributed by atoms with Crippen LogP contribution in [0.1, 0.15) is 69.3 Å². The summed E-state index contributed by atoms with van der Waals surface area (Å²) in [4.78, 5) is 37.1. The van der Waals surface area contributed by atoms with Crippen LogP contribution >= 0.6 is 0 Å². The molecule has 0 aliphatic carbocycles. The van der Waals surface area contributed by atoms with Gasteiger partial charge in [-0.25, -0.2) is 9.59 Å². The van der Waals surface area contributed by atoms with Crippen molar-refractivity contribution < 1.29 is 24.0 Å². The summed E-state index contributed by atoms with van der Waals surface area (Å²) in [5.74, 6) is -0.444. The average Bonchev–Trinajstić information content (AvgIpc) is 2.65. The molecule has 1 amide bonds. The number of carbonyl (C=O) groups is 2. The highest BCUT2D eigenvalue weighted by atomic mass is 16.6. The fraction of sp³-hybridized carbons (Fsp3) is 0.619. The molecule has 8 heteroatoms. The Bertz CT molecular complexity index is 771. The van der Waals surface area contributed by atoms with Gasteiger partial charge in [0.1, 0.15) is 11.2 Å². The highest BCUT2D eigenvalue weighted by molar-refractivity contribution is 5.94. The summed E-state index contributed by atoms with van der Waals surface area (Å²) in [5, 5.41) is 11.3. The first-order valence-electron chi connectivity index (χ1n) is 10.0. The van der Waals surface area contributed by atoms with Crippen molar-refractivity contribution in [1.82, 2.24) is 4.90 Å². The van der Waals surface area contributed by atoms with E-state index in [-0.39, 0.29) is 35.8 Å². The van der Waals surface area contributed by atoms with Crippen molar-refractivity contribution in [3.8, 4) is 0 Å². The molecular weight excluding hydrogens is 376 g/mol. The van der Waals surface area contributed by atoms with Gasteiger partial charge in [0.05, 0.1) is 11.5 Å². The molecule has 0 spiro atoms. The minimum atomic E-state index is -0.694. The predicted octanol–water partition coefficient (Wildman–Crippen LogP) is 4.52. The van der Waals surface area contributed by atoms with Gasteiger partial charge in [0.2, 0.25) is 0 Å². The van der Waals surface area contributed by atoms with E-state index >= 15 is 0 Å². The fourth-order valence-corrected chi connectivity index (χ4v) is 3.69. The van der Waals surface area contributed by atoms with Gasteiger partial charge in [-0.3, -0.25) is 10.1 Å². The number of amides is 1. The maximum atomic E-state index is 12.4. The molecule has 2 atom stereocenters. The molecule has 1 saturated heterocycles. The molecule has 0 aromatic heterocycles. The molecule has 0 radical (unpaired) electrons. The van der Waals surface area contributed by atoms with Crippen molar-refractivity contribution in [2.75, 3.05) is 19.7 Å². The number of benzene rings is 1. The number of carbonyl (C=O) groups excluding carboxylic acids is 2. The predicted molar refractivity (Wildman–Crippen MR) is 108 cm³/mol. The number of nitrogens with zero attached hydrogens (tertiary/aromatic N) is 2. The van der Waals surface area contributed by atoms with Gasteiger partial charge in [0.25, 0.3) is 5.69 Å². The third-order valence-electron chi connectivity index (χ3n) is 5.05. The largest absolute Gasteiger partial charge is 0.462 e. The van der Waals surface area contributed by atoms with E-state index in [2.05, 4.69) is 0 Å². The molecule has 1 unspecified atom stereocenters. The zero-order valence-corrected chi connectivity index (χ0v) is 17.8. The van der Waals surface area contributed by atoms with Crippen LogP contribution in [-0.4, -0.2) is 47.2 Å². The number of esters is 1. The minimum Gasteiger partial charge on any atom is -0.462 e. The maximum absolute atomic E-state index is 12.4. The second-order valence-electron chi connectivity index (χ2n) is 8.24. The van der Waals surface area contributed by atoms with Crippen LogP contribution in [0.5, 0.6) is 0 Å². The van der Waals surface area contributed by atoms with Crippen LogP contribution in [-0.2, 0) is 9.47 Å². The van der Waals surface area contributed by atoms with E-state index in [0.717, 1.165) is 12.0 Å². The van der Waals surface area contributed by atoms with Crippen molar-refractivity contribution >= 4 is 17.7 Å². The fourth-order valence-electron chi connectivity index (χ4n) is 3.69. The average molecular weight is 406 g/mol. The Hall–Kier alpha value is -2.64. The first-order chi connectivity index (χ1) is 13.6. The number of likely N-dealkylation sites (tertiary alicyclic amines) is 1. The van der Waals surface area contributed by atoms with E-state index in [4.69, 9.17) is 9.47 Å². The summed E-state index contributed by atoms with van der Waals surface area (Å²) < 4.78 is 10.5. The molecule has 29 heavy (non-hydrogen) atoms. The van der Waals surface area contributed by atoms with Crippen molar-refractivity contribution in [2.45, 2.75) is 59.0 Å². The Morgan fingerprint density at radius 2 is 1.97 bits per heavy atom. The number of piperidine rings is 1. The lowest BCUT2D eigenvalue weighted by Crippen LogP contribution is -2.45. The zero-order chi connectivity index (χ0) is 21.8. The summed E-state index contributed by atoms with van der Waals surface area (Å²) in [6.07, 6.45) is 1.19. The molecule has 1 aliphatic rings. The van der Waals surface area contributed by atoms with Crippen LogP contribution in [0.15, 0.2) is 18.2 Å². The summed E-state index contributed by atoms with van der Waals surface area (Å²) >= 11 is 0. The molecule has 160 valence electrons. The molecule has 1 aliphatic heterocycles. The first kappa shape index (κ1) is 22.6. The Kier molecular flexibility index (Phi) is 7.21. The molecule has 8 nitrogen and oxygen atoms in total. The number of hydrogen-bond donors (Lipinski definition) is 0. The lowest BCUT2D eigenvalue weighted by Gasteiger charge is -2.39. The summed E-state index contributed by atoms with van der Waals surface area (Å²) in [7, 11) is 0. The third kappa shape index (κ3) is 5.68. The standard InChI is InChI=1S/C21H30N2O6/c1-6-14-13-22(20(25)29-21(3,4)5)11-10-16(14)15-8-9-18(23(26)27)17(12-15)19(24)28-7-2/h8-9,12,14,16H,6-7,10-11,13H2,1-5H3/t14-,16?/m1/s1. The SMILES string of the molecule is CCOC(=O)c1cc(C2CCN(C(=O)OC(C)(C)C)C[C@H]2CC)ccc1[N+](=O)[O-]. The van der Waals surface area contributed by atoms with Gasteiger partial charge < -0.3 is 14.4 Å². The van der Waals surface area contributed by atoms with E-state index in [9.17, 15) is 19.7 Å². The van der Waals surface area contributed by atoms with Crippen LogP contribution < -0.4 is 0 Å². The number of rotatable bonds is 5. The topological polar surface area (TPSA) is 99.0 Å². The van der Waals surface area contributed by atoms with Crippen LogP contribution in [0, 0.1) is 16.0 Å². The maximum Gasteiger partial charge on any atom is 0.410 e. The summed E-state index contributed by atoms with van der Waals surface area (Å²) in [6, 6.07) is 4.65. The second kappa shape index (κ2) is 9.24. The van der Waals surface area contributed by atoms with Gasteiger partial charge >= 0.3 is 12.1 Å². The van der Waals surface area contributed by atoms with Crippen molar-refractivity contribution in [1.29, 1.82) is 0 Å². The summed E-state index contributed by atoms with van der Waals surface area (Å²) in [6.45, 7) is 10.4. The summed E-state index contributed by atoms with van der Waals surface area (Å²) in [5.41, 5.74) is 0.0160. The Balaban J connectivity index is 2.26. The van der Waals surface area contributed by atoms with Crippen LogP contribution in [0.4, 0.5) is 10.5 Å². The number of nitro groups is 1. The quantitative estimate of drug-likeness (QED) is 0.405. The van der Waals surface area contributed by atoms with E-state index in [1.54, 1.807) is 24.0 Å².